The fourth-order valence-corrected chi connectivity index (χ4v) is 2.05. The Labute approximate surface area is 119 Å². The second-order valence-electron chi connectivity index (χ2n) is 5.09. The first-order chi connectivity index (χ1) is 9.47. The Kier molecular flexibility index (Phi) is 6.28. The lowest BCUT2D eigenvalue weighted by Gasteiger charge is -2.14. The lowest BCUT2D eigenvalue weighted by atomic mass is 10.1. The number of unbranched alkanes of at least 4 members (excludes halogenated alkanes) is 3. The molecule has 5 heteroatoms. The average Bonchev–Trinajstić information content (AvgIpc) is 2.41. The van der Waals surface area contributed by atoms with Crippen molar-refractivity contribution < 1.29 is 9.90 Å². The number of aryl methyl sites for hydroxylation is 1. The van der Waals surface area contributed by atoms with Crippen LogP contribution in [0.2, 0.25) is 0 Å². The zero-order valence-corrected chi connectivity index (χ0v) is 12.5. The summed E-state index contributed by atoms with van der Waals surface area (Å²) in [5, 5.41) is 12.5. The molecule has 2 N–H and O–H groups in total. The van der Waals surface area contributed by atoms with E-state index in [2.05, 4.69) is 12.2 Å². The van der Waals surface area contributed by atoms with Gasteiger partial charge in [0.15, 0.2) is 5.75 Å². The first-order valence-corrected chi connectivity index (χ1v) is 7.12. The van der Waals surface area contributed by atoms with Gasteiger partial charge in [0.1, 0.15) is 0 Å². The normalized spacial score (nSPS) is 10.6. The predicted molar refractivity (Wildman–Crippen MR) is 78.7 cm³/mol. The molecule has 0 aliphatic rings. The summed E-state index contributed by atoms with van der Waals surface area (Å²) in [6.07, 6.45) is 4.69. The number of rotatable bonds is 7. The van der Waals surface area contributed by atoms with Crippen LogP contribution in [0.1, 0.15) is 50.4 Å². The summed E-state index contributed by atoms with van der Waals surface area (Å²) in [4.78, 5) is 23.2. The summed E-state index contributed by atoms with van der Waals surface area (Å²) in [6, 6.07) is 1.38. The number of nitrogens with zero attached hydrogens (tertiary/aromatic N) is 1. The highest BCUT2D eigenvalue weighted by atomic mass is 16.3. The maximum atomic E-state index is 11.7. The summed E-state index contributed by atoms with van der Waals surface area (Å²) in [7, 11) is 1.76. The summed E-state index contributed by atoms with van der Waals surface area (Å²) in [6.45, 7) is 4.09. The number of carbonyl (C=O) groups is 1. The van der Waals surface area contributed by atoms with E-state index in [1.165, 1.54) is 6.07 Å². The first kappa shape index (κ1) is 16.3. The number of aromatic nitrogens is 1. The van der Waals surface area contributed by atoms with Crippen LogP contribution in [-0.4, -0.2) is 15.6 Å². The van der Waals surface area contributed by atoms with Crippen LogP contribution in [0.3, 0.4) is 0 Å². The number of amides is 1. The van der Waals surface area contributed by atoms with E-state index >= 15 is 0 Å². The van der Waals surface area contributed by atoms with Gasteiger partial charge < -0.3 is 15.0 Å². The van der Waals surface area contributed by atoms with Gasteiger partial charge in [-0.1, -0.05) is 26.2 Å². The van der Waals surface area contributed by atoms with E-state index < -0.39 is 5.43 Å². The molecule has 0 saturated heterocycles. The molecule has 0 bridgehead atoms. The molecule has 1 aromatic heterocycles. The van der Waals surface area contributed by atoms with Crippen LogP contribution in [0.15, 0.2) is 10.9 Å². The van der Waals surface area contributed by atoms with Crippen molar-refractivity contribution in [3.05, 3.63) is 27.7 Å². The molecule has 0 saturated carbocycles. The summed E-state index contributed by atoms with van der Waals surface area (Å²) in [5.74, 6) is -0.334. The van der Waals surface area contributed by atoms with E-state index in [1.807, 2.05) is 0 Å². The Hall–Kier alpha value is -1.78. The maximum Gasteiger partial charge on any atom is 0.223 e. The van der Waals surface area contributed by atoms with Crippen LogP contribution in [0.4, 0.5) is 0 Å². The molecule has 0 unspecified atom stereocenters. The number of hydrogen-bond acceptors (Lipinski definition) is 3. The van der Waals surface area contributed by atoms with Crippen molar-refractivity contribution in [3.8, 4) is 5.75 Å². The van der Waals surface area contributed by atoms with E-state index in [1.54, 1.807) is 18.5 Å². The van der Waals surface area contributed by atoms with Crippen LogP contribution in [-0.2, 0) is 18.4 Å². The third-order valence-electron chi connectivity index (χ3n) is 3.49. The summed E-state index contributed by atoms with van der Waals surface area (Å²) >= 11 is 0. The second kappa shape index (κ2) is 7.72. The second-order valence-corrected chi connectivity index (χ2v) is 5.09. The van der Waals surface area contributed by atoms with Crippen LogP contribution < -0.4 is 10.7 Å². The van der Waals surface area contributed by atoms with E-state index in [0.717, 1.165) is 31.4 Å². The van der Waals surface area contributed by atoms with Crippen molar-refractivity contribution in [1.82, 2.24) is 9.88 Å². The molecule has 1 rings (SSSR count). The minimum Gasteiger partial charge on any atom is -0.503 e. The van der Waals surface area contributed by atoms with Crippen molar-refractivity contribution in [3.63, 3.8) is 0 Å². The number of pyridine rings is 1. The lowest BCUT2D eigenvalue weighted by molar-refractivity contribution is -0.121. The monoisotopic (exact) mass is 280 g/mol. The molecule has 112 valence electrons. The van der Waals surface area contributed by atoms with Crippen LogP contribution in [0, 0.1) is 6.92 Å². The number of hydrogen-bond donors (Lipinski definition) is 2. The van der Waals surface area contributed by atoms with Gasteiger partial charge in [-0.2, -0.15) is 0 Å². The van der Waals surface area contributed by atoms with E-state index in [0.29, 0.717) is 12.1 Å². The molecule has 0 atom stereocenters. The van der Waals surface area contributed by atoms with Gasteiger partial charge in [-0.25, -0.2) is 0 Å². The fraction of sp³-hybridized carbons (Fsp3) is 0.600. The highest BCUT2D eigenvalue weighted by Crippen LogP contribution is 2.12. The molecule has 1 aromatic rings. The summed E-state index contributed by atoms with van der Waals surface area (Å²) < 4.78 is 1.72. The molecule has 0 aliphatic carbocycles. The number of nitrogens with one attached hydrogen (secondary N) is 1. The Morgan fingerprint density at radius 3 is 2.70 bits per heavy atom. The molecule has 0 spiro atoms. The molecule has 0 aliphatic heterocycles. The molecular weight excluding hydrogens is 256 g/mol. The third-order valence-corrected chi connectivity index (χ3v) is 3.49. The maximum absolute atomic E-state index is 11.7. The van der Waals surface area contributed by atoms with Gasteiger partial charge in [0, 0.05) is 25.2 Å². The van der Waals surface area contributed by atoms with Crippen molar-refractivity contribution in [2.75, 3.05) is 0 Å². The van der Waals surface area contributed by atoms with Gasteiger partial charge in [0.05, 0.1) is 12.2 Å². The molecule has 0 aromatic carbocycles. The quantitative estimate of drug-likeness (QED) is 0.750. The van der Waals surface area contributed by atoms with Gasteiger partial charge in [0.25, 0.3) is 0 Å². The molecule has 1 heterocycles. The van der Waals surface area contributed by atoms with Crippen molar-refractivity contribution in [1.29, 1.82) is 0 Å². The molecular formula is C15H24N2O3. The fourth-order valence-electron chi connectivity index (χ4n) is 2.05. The molecule has 20 heavy (non-hydrogen) atoms. The van der Waals surface area contributed by atoms with Crippen molar-refractivity contribution in [2.24, 2.45) is 7.05 Å². The molecule has 0 fully saturated rings. The van der Waals surface area contributed by atoms with Crippen molar-refractivity contribution >= 4 is 5.91 Å². The van der Waals surface area contributed by atoms with Gasteiger partial charge in [-0.15, -0.1) is 0 Å². The average molecular weight is 280 g/mol. The van der Waals surface area contributed by atoms with E-state index in [4.69, 9.17) is 0 Å². The molecule has 1 amide bonds. The van der Waals surface area contributed by atoms with Crippen LogP contribution in [0.5, 0.6) is 5.75 Å². The Bertz CT molecular complexity index is 521. The largest absolute Gasteiger partial charge is 0.503 e. The topological polar surface area (TPSA) is 71.3 Å². The Morgan fingerprint density at radius 2 is 2.05 bits per heavy atom. The third kappa shape index (κ3) is 4.40. The zero-order valence-electron chi connectivity index (χ0n) is 12.5. The highest BCUT2D eigenvalue weighted by molar-refractivity contribution is 5.75. The van der Waals surface area contributed by atoms with Gasteiger partial charge >= 0.3 is 0 Å². The van der Waals surface area contributed by atoms with Crippen molar-refractivity contribution in [2.45, 2.75) is 52.5 Å². The Balaban J connectivity index is 2.58. The van der Waals surface area contributed by atoms with E-state index in [-0.39, 0.29) is 18.2 Å². The molecule has 0 radical (unpaired) electrons. The molecule has 5 nitrogen and oxygen atoms in total. The van der Waals surface area contributed by atoms with Crippen LogP contribution >= 0.6 is 0 Å². The van der Waals surface area contributed by atoms with Gasteiger partial charge in [-0.05, 0) is 13.3 Å². The number of carbonyl (C=O) groups excluding carboxylic acids is 1. The van der Waals surface area contributed by atoms with Gasteiger partial charge in [-0.3, -0.25) is 9.59 Å². The standard InChI is InChI=1S/C15H24N2O3/c1-4-5-6-7-8-14(19)16-10-12-15(20)13(18)9-11(2)17(12)3/h9,20H,4-8,10H2,1-3H3,(H,16,19). The van der Waals surface area contributed by atoms with Gasteiger partial charge in [0.2, 0.25) is 11.3 Å². The number of aromatic hydroxyl groups is 1. The zero-order chi connectivity index (χ0) is 15.1. The Morgan fingerprint density at radius 1 is 1.35 bits per heavy atom. The SMILES string of the molecule is CCCCCCC(=O)NCc1c(O)c(=O)cc(C)n1C. The predicted octanol–water partition coefficient (Wildman–Crippen LogP) is 1.99. The summed E-state index contributed by atoms with van der Waals surface area (Å²) in [5.41, 5.74) is 0.782. The minimum absolute atomic E-state index is 0.0468. The van der Waals surface area contributed by atoms with Crippen LogP contribution in [0.25, 0.3) is 0 Å². The smallest absolute Gasteiger partial charge is 0.223 e. The highest BCUT2D eigenvalue weighted by Gasteiger charge is 2.11. The minimum atomic E-state index is -0.409. The lowest BCUT2D eigenvalue weighted by Crippen LogP contribution is -2.26. The first-order valence-electron chi connectivity index (χ1n) is 7.12. The van der Waals surface area contributed by atoms with E-state index in [9.17, 15) is 14.7 Å².